The predicted molar refractivity (Wildman–Crippen MR) is 46.4 cm³/mol. The molecule has 0 aromatic heterocycles. The van der Waals surface area contributed by atoms with E-state index in [2.05, 4.69) is 19.5 Å². The van der Waals surface area contributed by atoms with Gasteiger partial charge in [0.05, 0.1) is 0 Å². The standard InChI is InChI=1S/C5H12N4O2S/c1-6-3-4-9(2)5-7-11-12(10)8-5/h6H,3-4H2,1-2H3,(H,7,8). The first-order valence-corrected chi connectivity index (χ1v) is 4.57. The molecule has 0 radical (unpaired) electrons. The first kappa shape index (κ1) is 9.43. The van der Waals surface area contributed by atoms with E-state index in [0.717, 1.165) is 13.1 Å². The number of nitrogens with zero attached hydrogens (tertiary/aromatic N) is 2. The fourth-order valence-electron chi connectivity index (χ4n) is 0.714. The number of nitrogens with one attached hydrogen (secondary N) is 2. The Morgan fingerprint density at radius 1 is 1.83 bits per heavy atom. The van der Waals surface area contributed by atoms with Gasteiger partial charge in [0.2, 0.25) is 5.96 Å². The average molecular weight is 192 g/mol. The lowest BCUT2D eigenvalue weighted by Crippen LogP contribution is -2.38. The maximum absolute atomic E-state index is 10.6. The summed E-state index contributed by atoms with van der Waals surface area (Å²) < 4.78 is 18.8. The Morgan fingerprint density at radius 3 is 3.08 bits per heavy atom. The molecule has 1 aliphatic rings. The summed E-state index contributed by atoms with van der Waals surface area (Å²) in [4.78, 5) is 1.82. The minimum absolute atomic E-state index is 0.503. The SMILES string of the molecule is CNCCN(C)C1=NS(=O)ON1. The van der Waals surface area contributed by atoms with Crippen LogP contribution in [-0.4, -0.2) is 42.3 Å². The zero-order valence-corrected chi connectivity index (χ0v) is 7.85. The van der Waals surface area contributed by atoms with Gasteiger partial charge in [-0.3, -0.25) is 0 Å². The zero-order valence-electron chi connectivity index (χ0n) is 7.03. The van der Waals surface area contributed by atoms with Crippen LogP contribution in [-0.2, 0) is 15.6 Å². The molecule has 1 atom stereocenters. The lowest BCUT2D eigenvalue weighted by molar-refractivity contribution is 0.284. The maximum Gasteiger partial charge on any atom is 0.310 e. The molecule has 1 aliphatic heterocycles. The molecule has 1 heterocycles. The van der Waals surface area contributed by atoms with Crippen LogP contribution in [0.3, 0.4) is 0 Å². The highest BCUT2D eigenvalue weighted by Gasteiger charge is 2.16. The van der Waals surface area contributed by atoms with Gasteiger partial charge in [0.1, 0.15) is 0 Å². The number of rotatable bonds is 3. The van der Waals surface area contributed by atoms with Crippen LogP contribution in [0.25, 0.3) is 0 Å². The molecule has 1 unspecified atom stereocenters. The minimum Gasteiger partial charge on any atom is -0.342 e. The topological polar surface area (TPSA) is 66.0 Å². The van der Waals surface area contributed by atoms with Crippen LogP contribution < -0.4 is 10.8 Å². The molecule has 0 fully saturated rings. The van der Waals surface area contributed by atoms with E-state index in [-0.39, 0.29) is 0 Å². The van der Waals surface area contributed by atoms with E-state index in [1.165, 1.54) is 0 Å². The van der Waals surface area contributed by atoms with E-state index in [1.807, 2.05) is 19.0 Å². The summed E-state index contributed by atoms with van der Waals surface area (Å²) in [5.74, 6) is 0.503. The lowest BCUT2D eigenvalue weighted by Gasteiger charge is -2.16. The Balaban J connectivity index is 2.37. The number of guanidine groups is 1. The third kappa shape index (κ3) is 2.43. The van der Waals surface area contributed by atoms with Crippen LogP contribution in [0.5, 0.6) is 0 Å². The van der Waals surface area contributed by atoms with Gasteiger partial charge in [-0.2, -0.15) is 4.28 Å². The molecule has 0 aromatic carbocycles. The lowest BCUT2D eigenvalue weighted by atomic mass is 10.5. The van der Waals surface area contributed by atoms with Crippen molar-refractivity contribution in [2.24, 2.45) is 4.40 Å². The van der Waals surface area contributed by atoms with Crippen molar-refractivity contribution in [1.29, 1.82) is 0 Å². The molecule has 2 N–H and O–H groups in total. The first-order valence-electron chi connectivity index (χ1n) is 3.53. The zero-order chi connectivity index (χ0) is 8.97. The van der Waals surface area contributed by atoms with E-state index >= 15 is 0 Å². The van der Waals surface area contributed by atoms with Gasteiger partial charge in [0.15, 0.2) is 0 Å². The van der Waals surface area contributed by atoms with Gasteiger partial charge in [-0.1, -0.05) is 0 Å². The van der Waals surface area contributed by atoms with Gasteiger partial charge in [-0.05, 0) is 7.05 Å². The van der Waals surface area contributed by atoms with Crippen LogP contribution in [0.1, 0.15) is 0 Å². The van der Waals surface area contributed by atoms with Gasteiger partial charge < -0.3 is 10.2 Å². The molecule has 7 heteroatoms. The summed E-state index contributed by atoms with van der Waals surface area (Å²) in [6.07, 6.45) is 0. The third-order valence-corrected chi connectivity index (χ3v) is 1.97. The van der Waals surface area contributed by atoms with E-state index in [4.69, 9.17) is 0 Å². The molecule has 0 aliphatic carbocycles. The van der Waals surface area contributed by atoms with Crippen LogP contribution in [0.2, 0.25) is 0 Å². The summed E-state index contributed by atoms with van der Waals surface area (Å²) >= 11 is -1.56. The Kier molecular flexibility index (Phi) is 3.45. The monoisotopic (exact) mass is 192 g/mol. The van der Waals surface area contributed by atoms with Gasteiger partial charge in [0.25, 0.3) is 0 Å². The van der Waals surface area contributed by atoms with Gasteiger partial charge in [-0.25, -0.2) is 9.69 Å². The average Bonchev–Trinajstić information content (AvgIpc) is 2.47. The minimum atomic E-state index is -1.56. The number of hydroxylamine groups is 1. The normalized spacial score (nSPS) is 21.8. The highest BCUT2D eigenvalue weighted by atomic mass is 32.2. The number of hydrogen-bond acceptors (Lipinski definition) is 5. The predicted octanol–water partition coefficient (Wildman–Crippen LogP) is -1.39. The summed E-state index contributed by atoms with van der Waals surface area (Å²) in [7, 11) is 3.71. The van der Waals surface area contributed by atoms with Gasteiger partial charge in [0, 0.05) is 20.1 Å². The first-order chi connectivity index (χ1) is 5.74. The van der Waals surface area contributed by atoms with Crippen molar-refractivity contribution >= 4 is 17.2 Å². The Hall–Kier alpha value is -0.660. The molecule has 70 valence electrons. The molecular weight excluding hydrogens is 180 g/mol. The van der Waals surface area contributed by atoms with Crippen molar-refractivity contribution in [1.82, 2.24) is 15.7 Å². The number of likely N-dealkylation sites (N-methyl/N-ethyl adjacent to an activating group) is 2. The van der Waals surface area contributed by atoms with Crippen molar-refractivity contribution in [2.45, 2.75) is 0 Å². The second-order valence-electron chi connectivity index (χ2n) is 2.34. The van der Waals surface area contributed by atoms with Crippen LogP contribution in [0, 0.1) is 0 Å². The van der Waals surface area contributed by atoms with Crippen LogP contribution in [0.15, 0.2) is 4.40 Å². The Morgan fingerprint density at radius 2 is 2.58 bits per heavy atom. The third-order valence-electron chi connectivity index (χ3n) is 1.42. The van der Waals surface area contributed by atoms with Crippen LogP contribution >= 0.6 is 0 Å². The highest BCUT2D eigenvalue weighted by molar-refractivity contribution is 7.79. The molecule has 12 heavy (non-hydrogen) atoms. The summed E-state index contributed by atoms with van der Waals surface area (Å²) in [6, 6.07) is 0. The molecule has 0 saturated heterocycles. The van der Waals surface area contributed by atoms with E-state index in [1.54, 1.807) is 0 Å². The molecule has 0 aromatic rings. The van der Waals surface area contributed by atoms with Crippen LogP contribution in [0.4, 0.5) is 0 Å². The smallest absolute Gasteiger partial charge is 0.310 e. The molecule has 1 rings (SSSR count). The quantitative estimate of drug-likeness (QED) is 0.576. The van der Waals surface area contributed by atoms with Gasteiger partial charge in [-0.15, -0.1) is 4.40 Å². The molecule has 0 saturated carbocycles. The largest absolute Gasteiger partial charge is 0.342 e. The van der Waals surface area contributed by atoms with Crippen molar-refractivity contribution in [3.8, 4) is 0 Å². The van der Waals surface area contributed by atoms with Crippen molar-refractivity contribution in [3.05, 3.63) is 0 Å². The summed E-state index contributed by atoms with van der Waals surface area (Å²) in [6.45, 7) is 1.62. The second-order valence-corrected chi connectivity index (χ2v) is 3.13. The Bertz CT molecular complexity index is 208. The van der Waals surface area contributed by atoms with E-state index in [0.29, 0.717) is 5.96 Å². The fourth-order valence-corrected chi connectivity index (χ4v) is 1.21. The van der Waals surface area contributed by atoms with Crippen molar-refractivity contribution in [2.75, 3.05) is 27.2 Å². The molecular formula is C5H12N4O2S. The summed E-state index contributed by atoms with van der Waals surface area (Å²) in [5.41, 5.74) is 2.46. The highest BCUT2D eigenvalue weighted by Crippen LogP contribution is 1.97. The Labute approximate surface area is 73.7 Å². The van der Waals surface area contributed by atoms with Crippen molar-refractivity contribution < 1.29 is 8.49 Å². The fraction of sp³-hybridized carbons (Fsp3) is 0.800. The van der Waals surface area contributed by atoms with E-state index < -0.39 is 11.3 Å². The molecule has 0 bridgehead atoms. The van der Waals surface area contributed by atoms with Gasteiger partial charge >= 0.3 is 11.3 Å². The number of hydrogen-bond donors (Lipinski definition) is 2. The molecule has 0 spiro atoms. The van der Waals surface area contributed by atoms with E-state index in [9.17, 15) is 4.21 Å². The second kappa shape index (κ2) is 4.39. The van der Waals surface area contributed by atoms with Crippen molar-refractivity contribution in [3.63, 3.8) is 0 Å². The molecule has 0 amide bonds. The maximum atomic E-state index is 10.6. The molecule has 6 nitrogen and oxygen atoms in total. The summed E-state index contributed by atoms with van der Waals surface area (Å²) in [5, 5.41) is 2.99.